The zero-order chi connectivity index (χ0) is 12.3. The summed E-state index contributed by atoms with van der Waals surface area (Å²) in [7, 11) is 0. The molecule has 1 N–H and O–H groups in total. The van der Waals surface area contributed by atoms with Crippen LogP contribution in [0.15, 0.2) is 6.07 Å². The van der Waals surface area contributed by atoms with E-state index in [9.17, 15) is 4.79 Å². The Kier molecular flexibility index (Phi) is 4.46. The van der Waals surface area contributed by atoms with E-state index in [1.54, 1.807) is 11.3 Å². The van der Waals surface area contributed by atoms with E-state index >= 15 is 0 Å². The molecule has 17 heavy (non-hydrogen) atoms. The molecule has 0 saturated carbocycles. The standard InChI is InChI=1S/C13H18ClNOS/c1-9(14)4-3-7-15-13(16)12-8-10-5-2-6-11(10)17-12/h8-9H,2-7H2,1H3,(H,15,16). The number of aryl methyl sites for hydroxylation is 2. The lowest BCUT2D eigenvalue weighted by Crippen LogP contribution is -2.23. The molecule has 2 rings (SSSR count). The molecule has 1 unspecified atom stereocenters. The molecule has 1 amide bonds. The summed E-state index contributed by atoms with van der Waals surface area (Å²) in [5, 5.41) is 3.15. The molecular weight excluding hydrogens is 254 g/mol. The molecule has 1 heterocycles. The number of thiophene rings is 1. The molecule has 2 nitrogen and oxygen atoms in total. The minimum Gasteiger partial charge on any atom is -0.351 e. The van der Waals surface area contributed by atoms with Gasteiger partial charge in [-0.15, -0.1) is 22.9 Å². The first kappa shape index (κ1) is 12.9. The molecule has 94 valence electrons. The van der Waals surface area contributed by atoms with Crippen molar-refractivity contribution in [2.45, 2.75) is 44.4 Å². The third-order valence-electron chi connectivity index (χ3n) is 3.03. The van der Waals surface area contributed by atoms with Crippen LogP contribution in [0.3, 0.4) is 0 Å². The molecule has 1 aromatic rings. The Bertz CT molecular complexity index is 379. The van der Waals surface area contributed by atoms with Crippen LogP contribution in [-0.2, 0) is 12.8 Å². The second kappa shape index (κ2) is 5.87. The highest BCUT2D eigenvalue weighted by Crippen LogP contribution is 2.30. The molecule has 0 spiro atoms. The highest BCUT2D eigenvalue weighted by atomic mass is 35.5. The van der Waals surface area contributed by atoms with Gasteiger partial charge in [-0.3, -0.25) is 4.79 Å². The summed E-state index contributed by atoms with van der Waals surface area (Å²) in [6, 6.07) is 2.06. The predicted molar refractivity (Wildman–Crippen MR) is 73.2 cm³/mol. The van der Waals surface area contributed by atoms with Crippen LogP contribution in [0.25, 0.3) is 0 Å². The van der Waals surface area contributed by atoms with Gasteiger partial charge in [0.2, 0.25) is 0 Å². The van der Waals surface area contributed by atoms with Crippen LogP contribution in [0.2, 0.25) is 0 Å². The number of fused-ring (bicyclic) bond motifs is 1. The van der Waals surface area contributed by atoms with Gasteiger partial charge in [0.05, 0.1) is 4.88 Å². The fourth-order valence-electron chi connectivity index (χ4n) is 2.11. The average molecular weight is 272 g/mol. The number of rotatable bonds is 5. The molecule has 4 heteroatoms. The van der Waals surface area contributed by atoms with Crippen molar-refractivity contribution in [2.24, 2.45) is 0 Å². The Hall–Kier alpha value is -0.540. The van der Waals surface area contributed by atoms with Crippen LogP contribution in [0.4, 0.5) is 0 Å². The molecule has 0 bridgehead atoms. The number of alkyl halides is 1. The normalized spacial score (nSPS) is 15.6. The minimum atomic E-state index is 0.0756. The summed E-state index contributed by atoms with van der Waals surface area (Å²) in [5.74, 6) is 0.0756. The summed E-state index contributed by atoms with van der Waals surface area (Å²) in [4.78, 5) is 14.1. The van der Waals surface area contributed by atoms with Gasteiger partial charge in [-0.1, -0.05) is 0 Å². The lowest BCUT2D eigenvalue weighted by atomic mass is 10.2. The van der Waals surface area contributed by atoms with Gasteiger partial charge in [0.15, 0.2) is 0 Å². The van der Waals surface area contributed by atoms with Gasteiger partial charge in [0, 0.05) is 16.8 Å². The van der Waals surface area contributed by atoms with Crippen LogP contribution in [0.1, 0.15) is 46.3 Å². The lowest BCUT2D eigenvalue weighted by molar-refractivity contribution is 0.0957. The average Bonchev–Trinajstić information content (AvgIpc) is 2.83. The zero-order valence-corrected chi connectivity index (χ0v) is 11.7. The number of nitrogens with one attached hydrogen (secondary N) is 1. The molecular formula is C13H18ClNOS. The fraction of sp³-hybridized carbons (Fsp3) is 0.615. The van der Waals surface area contributed by atoms with Crippen LogP contribution in [0.5, 0.6) is 0 Å². The molecule has 0 aromatic carbocycles. The SMILES string of the molecule is CC(Cl)CCCNC(=O)c1cc2c(s1)CCC2. The first-order valence-corrected chi connectivity index (χ1v) is 7.46. The molecule has 0 fully saturated rings. The number of hydrogen-bond donors (Lipinski definition) is 1. The largest absolute Gasteiger partial charge is 0.351 e. The molecule has 1 atom stereocenters. The number of hydrogen-bond acceptors (Lipinski definition) is 2. The van der Waals surface area contributed by atoms with Crippen LogP contribution < -0.4 is 5.32 Å². The van der Waals surface area contributed by atoms with Crippen LogP contribution >= 0.6 is 22.9 Å². The quantitative estimate of drug-likeness (QED) is 0.646. The maximum atomic E-state index is 11.9. The van der Waals surface area contributed by atoms with E-state index in [1.165, 1.54) is 16.9 Å². The molecule has 1 aliphatic carbocycles. The third kappa shape index (κ3) is 3.46. The Morgan fingerprint density at radius 1 is 1.59 bits per heavy atom. The Labute approximate surface area is 111 Å². The fourth-order valence-corrected chi connectivity index (χ4v) is 3.44. The van der Waals surface area contributed by atoms with Crippen molar-refractivity contribution in [1.29, 1.82) is 0 Å². The van der Waals surface area contributed by atoms with E-state index in [0.717, 1.165) is 37.1 Å². The third-order valence-corrected chi connectivity index (χ3v) is 4.49. The monoisotopic (exact) mass is 271 g/mol. The maximum absolute atomic E-state index is 11.9. The van der Waals surface area contributed by atoms with E-state index < -0.39 is 0 Å². The predicted octanol–water partition coefficient (Wildman–Crippen LogP) is 3.37. The molecule has 0 aliphatic heterocycles. The van der Waals surface area contributed by atoms with Crippen molar-refractivity contribution in [2.75, 3.05) is 6.54 Å². The first-order chi connectivity index (χ1) is 8.16. The van der Waals surface area contributed by atoms with Gasteiger partial charge in [-0.05, 0) is 50.7 Å². The summed E-state index contributed by atoms with van der Waals surface area (Å²) < 4.78 is 0. The highest BCUT2D eigenvalue weighted by molar-refractivity contribution is 7.14. The number of amides is 1. The van der Waals surface area contributed by atoms with Gasteiger partial charge in [-0.25, -0.2) is 0 Å². The van der Waals surface area contributed by atoms with Crippen molar-refractivity contribution in [3.63, 3.8) is 0 Å². The lowest BCUT2D eigenvalue weighted by Gasteiger charge is -2.04. The second-order valence-electron chi connectivity index (χ2n) is 4.59. The Morgan fingerprint density at radius 3 is 3.12 bits per heavy atom. The smallest absolute Gasteiger partial charge is 0.261 e. The van der Waals surface area contributed by atoms with Gasteiger partial charge in [-0.2, -0.15) is 0 Å². The van der Waals surface area contributed by atoms with E-state index in [-0.39, 0.29) is 11.3 Å². The van der Waals surface area contributed by atoms with Gasteiger partial charge in [0.25, 0.3) is 5.91 Å². The van der Waals surface area contributed by atoms with Gasteiger partial charge >= 0.3 is 0 Å². The van der Waals surface area contributed by atoms with Crippen LogP contribution in [0, 0.1) is 0 Å². The molecule has 0 radical (unpaired) electrons. The molecule has 1 aromatic heterocycles. The van der Waals surface area contributed by atoms with Crippen molar-refractivity contribution >= 4 is 28.8 Å². The second-order valence-corrected chi connectivity index (χ2v) is 6.47. The van der Waals surface area contributed by atoms with Crippen LogP contribution in [-0.4, -0.2) is 17.8 Å². The highest BCUT2D eigenvalue weighted by Gasteiger charge is 2.17. The zero-order valence-electron chi connectivity index (χ0n) is 10.1. The van der Waals surface area contributed by atoms with E-state index in [2.05, 4.69) is 11.4 Å². The number of carbonyl (C=O) groups is 1. The summed E-state index contributed by atoms with van der Waals surface area (Å²) >= 11 is 7.51. The topological polar surface area (TPSA) is 29.1 Å². The molecule has 1 aliphatic rings. The summed E-state index contributed by atoms with van der Waals surface area (Å²) in [6.07, 6.45) is 5.43. The van der Waals surface area contributed by atoms with Crippen molar-refractivity contribution < 1.29 is 4.79 Å². The first-order valence-electron chi connectivity index (χ1n) is 6.20. The summed E-state index contributed by atoms with van der Waals surface area (Å²) in [6.45, 7) is 2.70. The van der Waals surface area contributed by atoms with Crippen molar-refractivity contribution in [3.8, 4) is 0 Å². The minimum absolute atomic E-state index is 0.0756. The van der Waals surface area contributed by atoms with Gasteiger partial charge in [0.1, 0.15) is 0 Å². The Morgan fingerprint density at radius 2 is 2.41 bits per heavy atom. The summed E-state index contributed by atoms with van der Waals surface area (Å²) in [5.41, 5.74) is 1.38. The molecule has 0 saturated heterocycles. The maximum Gasteiger partial charge on any atom is 0.261 e. The number of halogens is 1. The van der Waals surface area contributed by atoms with E-state index in [0.29, 0.717) is 0 Å². The van der Waals surface area contributed by atoms with E-state index in [1.807, 2.05) is 6.92 Å². The Balaban J connectivity index is 1.79. The van der Waals surface area contributed by atoms with Crippen molar-refractivity contribution in [3.05, 3.63) is 21.4 Å². The van der Waals surface area contributed by atoms with Gasteiger partial charge < -0.3 is 5.32 Å². The number of carbonyl (C=O) groups excluding carboxylic acids is 1. The van der Waals surface area contributed by atoms with Crippen molar-refractivity contribution in [1.82, 2.24) is 5.32 Å². The van der Waals surface area contributed by atoms with E-state index in [4.69, 9.17) is 11.6 Å².